The van der Waals surface area contributed by atoms with Crippen molar-refractivity contribution in [1.29, 1.82) is 0 Å². The van der Waals surface area contributed by atoms with E-state index in [4.69, 9.17) is 4.74 Å². The molecule has 2 aromatic heterocycles. The molecule has 0 aliphatic carbocycles. The zero-order chi connectivity index (χ0) is 19.9. The predicted octanol–water partition coefficient (Wildman–Crippen LogP) is 4.10. The number of nitrogens with one attached hydrogen (secondary N) is 2. The number of rotatable bonds is 6. The molecule has 0 spiro atoms. The Morgan fingerprint density at radius 3 is 2.75 bits per heavy atom. The minimum absolute atomic E-state index is 0.147. The molecule has 3 rings (SSSR count). The van der Waals surface area contributed by atoms with Crippen LogP contribution in [0.5, 0.6) is 11.5 Å². The number of amides is 2. The van der Waals surface area contributed by atoms with Gasteiger partial charge >= 0.3 is 11.8 Å². The summed E-state index contributed by atoms with van der Waals surface area (Å²) in [5, 5.41) is 9.31. The number of aryl methyl sites for hydroxylation is 1. The van der Waals surface area contributed by atoms with E-state index in [0.717, 1.165) is 11.1 Å². The number of carbonyl (C=O) groups is 2. The maximum Gasteiger partial charge on any atom is 0.313 e. The summed E-state index contributed by atoms with van der Waals surface area (Å²) in [5.41, 5.74) is 2.50. The molecule has 2 amide bonds. The molecule has 0 fully saturated rings. The van der Waals surface area contributed by atoms with E-state index in [1.807, 2.05) is 36.7 Å². The van der Waals surface area contributed by atoms with Crippen molar-refractivity contribution in [2.75, 3.05) is 11.9 Å². The van der Waals surface area contributed by atoms with Gasteiger partial charge in [-0.2, -0.15) is 11.3 Å². The van der Waals surface area contributed by atoms with Crippen molar-refractivity contribution in [3.05, 3.63) is 70.7 Å². The van der Waals surface area contributed by atoms with E-state index < -0.39 is 11.8 Å². The smallest absolute Gasteiger partial charge is 0.313 e. The molecule has 144 valence electrons. The second kappa shape index (κ2) is 9.14. The minimum atomic E-state index is -0.696. The Labute approximate surface area is 167 Å². The van der Waals surface area contributed by atoms with Gasteiger partial charge in [-0.3, -0.25) is 14.6 Å². The minimum Gasteiger partial charge on any atom is -0.455 e. The van der Waals surface area contributed by atoms with Crippen molar-refractivity contribution in [1.82, 2.24) is 10.3 Å². The van der Waals surface area contributed by atoms with Gasteiger partial charge in [0.05, 0.1) is 6.20 Å². The molecular formula is C21H21N3O3S. The summed E-state index contributed by atoms with van der Waals surface area (Å²) in [5.74, 6) is 0.0731. The van der Waals surface area contributed by atoms with Gasteiger partial charge in [-0.1, -0.05) is 6.92 Å². The maximum absolute atomic E-state index is 12.1. The number of hydrogen-bond donors (Lipinski definition) is 2. The Balaban J connectivity index is 1.54. The third-order valence-electron chi connectivity index (χ3n) is 4.18. The summed E-state index contributed by atoms with van der Waals surface area (Å²) < 4.78 is 5.76. The zero-order valence-electron chi connectivity index (χ0n) is 15.6. The molecule has 0 aliphatic rings. The molecule has 0 radical (unpaired) electrons. The van der Waals surface area contributed by atoms with Crippen molar-refractivity contribution in [2.45, 2.75) is 19.8 Å². The fraction of sp³-hybridized carbons (Fsp3) is 0.190. The van der Waals surface area contributed by atoms with E-state index in [-0.39, 0.29) is 5.92 Å². The quantitative estimate of drug-likeness (QED) is 0.616. The Hall–Kier alpha value is -3.19. The van der Waals surface area contributed by atoms with Crippen LogP contribution in [0.25, 0.3) is 0 Å². The van der Waals surface area contributed by atoms with Crippen LogP contribution in [0.3, 0.4) is 0 Å². The number of aromatic nitrogens is 1. The molecule has 3 aromatic rings. The van der Waals surface area contributed by atoms with Gasteiger partial charge in [0.1, 0.15) is 11.5 Å². The second-order valence-corrected chi connectivity index (χ2v) is 7.17. The van der Waals surface area contributed by atoms with Crippen LogP contribution in [0.4, 0.5) is 5.69 Å². The molecular weight excluding hydrogens is 374 g/mol. The van der Waals surface area contributed by atoms with Crippen molar-refractivity contribution in [2.24, 2.45) is 0 Å². The van der Waals surface area contributed by atoms with Gasteiger partial charge in [0.15, 0.2) is 0 Å². The van der Waals surface area contributed by atoms with E-state index in [9.17, 15) is 9.59 Å². The van der Waals surface area contributed by atoms with Crippen molar-refractivity contribution in [3.63, 3.8) is 0 Å². The average molecular weight is 395 g/mol. The van der Waals surface area contributed by atoms with E-state index in [1.165, 1.54) is 0 Å². The van der Waals surface area contributed by atoms with Crippen molar-refractivity contribution in [3.8, 4) is 11.5 Å². The lowest BCUT2D eigenvalue weighted by Crippen LogP contribution is -2.37. The third-order valence-corrected chi connectivity index (χ3v) is 4.88. The number of benzene rings is 1. The number of ether oxygens (including phenoxy) is 1. The highest BCUT2D eigenvalue weighted by Crippen LogP contribution is 2.26. The van der Waals surface area contributed by atoms with Crippen molar-refractivity contribution >= 4 is 28.8 Å². The Morgan fingerprint density at radius 1 is 1.21 bits per heavy atom. The van der Waals surface area contributed by atoms with Gasteiger partial charge in [0.25, 0.3) is 0 Å². The second-order valence-electron chi connectivity index (χ2n) is 6.39. The summed E-state index contributed by atoms with van der Waals surface area (Å²) in [6, 6.07) is 10.8. The molecule has 1 aromatic carbocycles. The molecule has 6 nitrogen and oxygen atoms in total. The molecule has 0 unspecified atom stereocenters. The van der Waals surface area contributed by atoms with Crippen LogP contribution in [0.15, 0.2) is 59.6 Å². The zero-order valence-corrected chi connectivity index (χ0v) is 16.5. The van der Waals surface area contributed by atoms with Crippen molar-refractivity contribution < 1.29 is 14.3 Å². The highest BCUT2D eigenvalue weighted by atomic mass is 32.1. The Kier molecular flexibility index (Phi) is 6.39. The van der Waals surface area contributed by atoms with Crippen LogP contribution in [-0.4, -0.2) is 23.3 Å². The third kappa shape index (κ3) is 5.17. The highest BCUT2D eigenvalue weighted by molar-refractivity contribution is 7.08. The summed E-state index contributed by atoms with van der Waals surface area (Å²) in [7, 11) is 0. The van der Waals surface area contributed by atoms with Gasteiger partial charge < -0.3 is 15.4 Å². The van der Waals surface area contributed by atoms with Crippen LogP contribution in [0.1, 0.15) is 24.0 Å². The fourth-order valence-electron chi connectivity index (χ4n) is 2.56. The Morgan fingerprint density at radius 2 is 2.07 bits per heavy atom. The molecule has 7 heteroatoms. The molecule has 0 aliphatic heterocycles. The van der Waals surface area contributed by atoms with E-state index >= 15 is 0 Å². The van der Waals surface area contributed by atoms with Crippen LogP contribution in [0.2, 0.25) is 0 Å². The topological polar surface area (TPSA) is 80.3 Å². The van der Waals surface area contributed by atoms with Crippen LogP contribution < -0.4 is 15.4 Å². The number of thiophene rings is 1. The maximum atomic E-state index is 12.1. The first-order chi connectivity index (χ1) is 13.5. The number of anilines is 1. The highest BCUT2D eigenvalue weighted by Gasteiger charge is 2.16. The summed E-state index contributed by atoms with van der Waals surface area (Å²) in [4.78, 5) is 28.2. The monoisotopic (exact) mass is 395 g/mol. The first kappa shape index (κ1) is 19.6. The van der Waals surface area contributed by atoms with E-state index in [0.29, 0.717) is 23.7 Å². The van der Waals surface area contributed by atoms with Crippen LogP contribution in [0, 0.1) is 6.92 Å². The van der Waals surface area contributed by atoms with Gasteiger partial charge in [-0.05, 0) is 71.1 Å². The van der Waals surface area contributed by atoms with Gasteiger partial charge in [-0.25, -0.2) is 0 Å². The van der Waals surface area contributed by atoms with Crippen LogP contribution in [-0.2, 0) is 9.59 Å². The molecule has 2 N–H and O–H groups in total. The largest absolute Gasteiger partial charge is 0.455 e. The SMILES string of the molecule is Cc1cc(NC(=O)C(=O)NC[C@@H](C)c2ccsc2)ccc1Oc1cccnc1. The first-order valence-electron chi connectivity index (χ1n) is 8.82. The lowest BCUT2D eigenvalue weighted by atomic mass is 10.1. The van der Waals surface area contributed by atoms with Crippen LogP contribution >= 0.6 is 11.3 Å². The summed E-state index contributed by atoms with van der Waals surface area (Å²) in [6.45, 7) is 4.27. The summed E-state index contributed by atoms with van der Waals surface area (Å²) in [6.07, 6.45) is 3.29. The molecule has 0 saturated heterocycles. The lowest BCUT2D eigenvalue weighted by molar-refractivity contribution is -0.136. The molecule has 1 atom stereocenters. The number of carbonyl (C=O) groups excluding carboxylic acids is 2. The first-order valence-corrected chi connectivity index (χ1v) is 9.77. The Bertz CT molecular complexity index is 943. The molecule has 28 heavy (non-hydrogen) atoms. The van der Waals surface area contributed by atoms with Gasteiger partial charge in [0, 0.05) is 18.4 Å². The van der Waals surface area contributed by atoms with Gasteiger partial charge in [-0.15, -0.1) is 0 Å². The van der Waals surface area contributed by atoms with Gasteiger partial charge in [0.2, 0.25) is 0 Å². The molecule has 0 saturated carbocycles. The fourth-order valence-corrected chi connectivity index (χ4v) is 3.35. The standard InChI is InChI=1S/C21H21N3O3S/c1-14-10-17(5-6-19(14)27-18-4-3-8-22-12-18)24-21(26)20(25)23-11-15(2)16-7-9-28-13-16/h3-10,12-13,15H,11H2,1-2H3,(H,23,25)(H,24,26)/t15-/m1/s1. The van der Waals surface area contributed by atoms with E-state index in [1.54, 1.807) is 48.0 Å². The normalized spacial score (nSPS) is 11.5. The predicted molar refractivity (Wildman–Crippen MR) is 110 cm³/mol. The lowest BCUT2D eigenvalue weighted by Gasteiger charge is -2.12. The molecule has 0 bridgehead atoms. The average Bonchev–Trinajstić information content (AvgIpc) is 3.23. The number of hydrogen-bond acceptors (Lipinski definition) is 5. The molecule has 2 heterocycles. The summed E-state index contributed by atoms with van der Waals surface area (Å²) >= 11 is 1.61. The number of pyridine rings is 1. The number of nitrogens with zero attached hydrogens (tertiary/aromatic N) is 1. The van der Waals surface area contributed by atoms with E-state index in [2.05, 4.69) is 15.6 Å².